The van der Waals surface area contributed by atoms with Crippen LogP contribution in [0.25, 0.3) is 32.9 Å². The van der Waals surface area contributed by atoms with Gasteiger partial charge in [0.2, 0.25) is 11.8 Å². The second-order valence-corrected chi connectivity index (χ2v) is 19.4. The number of nitrogens with one attached hydrogen (secondary N) is 2. The molecule has 0 saturated heterocycles. The molecule has 0 saturated carbocycles. The van der Waals surface area contributed by atoms with Crippen molar-refractivity contribution in [2.24, 2.45) is 14.1 Å². The number of carbonyl (C=O) groups is 2. The summed E-state index contributed by atoms with van der Waals surface area (Å²) < 4.78 is 12.9. The molecule has 0 aliphatic rings. The summed E-state index contributed by atoms with van der Waals surface area (Å²) in [5.41, 5.74) is 0.651. The molecule has 10 aromatic rings. The number of nitrogens with zero attached hydrogens (tertiary/aromatic N) is 12. The number of amides is 2. The summed E-state index contributed by atoms with van der Waals surface area (Å²) in [6.45, 7) is -0.303. The zero-order valence-corrected chi connectivity index (χ0v) is 43.3. The van der Waals surface area contributed by atoms with Crippen molar-refractivity contribution < 1.29 is 19.3 Å². The van der Waals surface area contributed by atoms with Gasteiger partial charge in [-0.3, -0.25) is 47.4 Å². The Bertz CT molecular complexity index is 3860. The Morgan fingerprint density at radius 1 is 0.662 bits per heavy atom. The van der Waals surface area contributed by atoms with E-state index in [0.717, 1.165) is 19.7 Å². The van der Waals surface area contributed by atoms with Gasteiger partial charge in [-0.1, -0.05) is 47.5 Å². The number of anilines is 2. The number of imidazole rings is 2. The first-order valence-electron chi connectivity index (χ1n) is 21.6. The SMILES string of the molecule is Cn1c(=O)n(Cc2ccccn2)c(=O)c2c1ncn2CC(=O)Nc1csc(-c2ccc(Cl)cc2)n1.Cn1c(=O)n(Cc2ccccn2)c(=O)c2c1ncn2CC(=O)Nc1csc(Br)n1.O[B]Oc1ccc(Cl)cc1. The fraction of sp³-hybridized carbons (Fsp3) is 0.130. The van der Waals surface area contributed by atoms with E-state index in [0.29, 0.717) is 50.4 Å². The first-order valence-corrected chi connectivity index (χ1v) is 24.9. The number of halogens is 3. The summed E-state index contributed by atoms with van der Waals surface area (Å²) in [5, 5.41) is 19.0. The van der Waals surface area contributed by atoms with Crippen LogP contribution in [0.3, 0.4) is 0 Å². The van der Waals surface area contributed by atoms with E-state index in [-0.39, 0.29) is 60.3 Å². The van der Waals surface area contributed by atoms with E-state index in [9.17, 15) is 28.8 Å². The molecule has 2 amide bonds. The Kier molecular flexibility index (Phi) is 16.9. The number of aromatic nitrogens is 12. The lowest BCUT2D eigenvalue weighted by Crippen LogP contribution is -2.40. The summed E-state index contributed by atoms with van der Waals surface area (Å²) in [6, 6.07) is 24.5. The number of carbonyl (C=O) groups excluding carboxylic acids is 2. The summed E-state index contributed by atoms with van der Waals surface area (Å²) in [7, 11) is 3.69. The molecule has 10 rings (SSSR count). The van der Waals surface area contributed by atoms with Gasteiger partial charge in [-0.05, 0) is 76.6 Å². The van der Waals surface area contributed by atoms with Crippen molar-refractivity contribution in [2.45, 2.75) is 26.2 Å². The minimum atomic E-state index is -0.544. The second-order valence-electron chi connectivity index (χ2n) is 15.5. The molecule has 0 unspecified atom stereocenters. The van der Waals surface area contributed by atoms with Crippen molar-refractivity contribution >= 4 is 115 Å². The second kappa shape index (κ2) is 23.8. The predicted molar refractivity (Wildman–Crippen MR) is 285 cm³/mol. The van der Waals surface area contributed by atoms with Gasteiger partial charge in [-0.15, -0.1) is 22.7 Å². The van der Waals surface area contributed by atoms with Gasteiger partial charge in [0.1, 0.15) is 35.5 Å². The van der Waals surface area contributed by atoms with Crippen molar-refractivity contribution in [2.75, 3.05) is 10.6 Å². The molecule has 3 N–H and O–H groups in total. The van der Waals surface area contributed by atoms with Crippen LogP contribution in [0, 0.1) is 0 Å². The van der Waals surface area contributed by atoms with Crippen LogP contribution in [-0.2, 0) is 49.9 Å². The van der Waals surface area contributed by atoms with Crippen LogP contribution in [0.4, 0.5) is 11.6 Å². The molecule has 0 bridgehead atoms. The Balaban J connectivity index is 0.000000168. The lowest BCUT2D eigenvalue weighted by molar-refractivity contribution is -0.117. The molecule has 0 atom stereocenters. The minimum absolute atomic E-state index is 0.00591. The molecule has 375 valence electrons. The largest absolute Gasteiger partial charge is 0.569 e. The third kappa shape index (κ3) is 12.5. The van der Waals surface area contributed by atoms with Gasteiger partial charge in [-0.2, -0.15) is 0 Å². The first-order chi connectivity index (χ1) is 35.7. The van der Waals surface area contributed by atoms with Crippen LogP contribution < -0.4 is 37.8 Å². The zero-order valence-electron chi connectivity index (χ0n) is 38.6. The molecule has 74 heavy (non-hydrogen) atoms. The monoisotopic (exact) mass is 1140 g/mol. The third-order valence-electron chi connectivity index (χ3n) is 10.5. The molecule has 0 spiro atoms. The normalized spacial score (nSPS) is 10.8. The lowest BCUT2D eigenvalue weighted by Gasteiger charge is -2.09. The van der Waals surface area contributed by atoms with Crippen LogP contribution in [0.1, 0.15) is 11.4 Å². The van der Waals surface area contributed by atoms with Crippen molar-refractivity contribution in [3.8, 4) is 16.3 Å². The van der Waals surface area contributed by atoms with E-state index in [4.69, 9.17) is 28.2 Å². The maximum Gasteiger partial charge on any atom is 0.569 e. The minimum Gasteiger partial charge on any atom is -0.537 e. The highest BCUT2D eigenvalue weighted by Gasteiger charge is 2.21. The topological polar surface area (TPSA) is 263 Å². The number of pyridine rings is 2. The van der Waals surface area contributed by atoms with Crippen molar-refractivity contribution in [3.63, 3.8) is 0 Å². The molecule has 2 aromatic carbocycles. The quantitative estimate of drug-likeness (QED) is 0.125. The van der Waals surface area contributed by atoms with E-state index in [1.165, 1.54) is 67.7 Å². The maximum absolute atomic E-state index is 13.2. The zero-order chi connectivity index (χ0) is 52.5. The highest BCUT2D eigenvalue weighted by atomic mass is 79.9. The van der Waals surface area contributed by atoms with E-state index in [2.05, 4.69) is 61.1 Å². The summed E-state index contributed by atoms with van der Waals surface area (Å²) >= 11 is 17.5. The number of hydrogen-bond acceptors (Lipinski definition) is 16. The Morgan fingerprint density at radius 2 is 1.14 bits per heavy atom. The molecular weight excluding hydrogens is 1100 g/mol. The fourth-order valence-electron chi connectivity index (χ4n) is 7.08. The van der Waals surface area contributed by atoms with Crippen LogP contribution in [0.5, 0.6) is 5.75 Å². The van der Waals surface area contributed by atoms with E-state index >= 15 is 0 Å². The van der Waals surface area contributed by atoms with E-state index in [1.54, 1.807) is 96.0 Å². The van der Waals surface area contributed by atoms with Gasteiger partial charge in [0, 0.05) is 52.9 Å². The van der Waals surface area contributed by atoms with Crippen LogP contribution >= 0.6 is 61.8 Å². The Labute approximate surface area is 444 Å². The number of rotatable bonds is 13. The highest BCUT2D eigenvalue weighted by molar-refractivity contribution is 9.11. The molecule has 22 nitrogen and oxygen atoms in total. The average Bonchev–Trinajstić information content (AvgIpc) is 4.23. The summed E-state index contributed by atoms with van der Waals surface area (Å²) in [4.78, 5) is 102. The Morgan fingerprint density at radius 3 is 1.58 bits per heavy atom. The molecule has 8 heterocycles. The van der Waals surface area contributed by atoms with E-state index < -0.39 is 22.5 Å². The molecule has 0 fully saturated rings. The number of fused-ring (bicyclic) bond motifs is 2. The van der Waals surface area contributed by atoms with Gasteiger partial charge in [0.15, 0.2) is 26.2 Å². The van der Waals surface area contributed by atoms with Gasteiger partial charge in [0.25, 0.3) is 11.1 Å². The summed E-state index contributed by atoms with van der Waals surface area (Å²) in [5.74, 6) is 0.617. The van der Waals surface area contributed by atoms with Crippen LogP contribution in [0.15, 0.2) is 144 Å². The number of benzene rings is 2. The van der Waals surface area contributed by atoms with Gasteiger partial charge in [-0.25, -0.2) is 29.5 Å². The van der Waals surface area contributed by atoms with Crippen molar-refractivity contribution in [1.82, 2.24) is 57.3 Å². The number of aryl methyl sites for hydroxylation is 2. The molecule has 0 aliphatic carbocycles. The molecule has 1 radical (unpaired) electrons. The first kappa shape index (κ1) is 52.4. The van der Waals surface area contributed by atoms with Crippen LogP contribution in [0.2, 0.25) is 10.0 Å². The molecule has 0 aliphatic heterocycles. The van der Waals surface area contributed by atoms with Gasteiger partial charge < -0.3 is 29.4 Å². The molecular formula is C46H37BBrCl2N14O8S2. The lowest BCUT2D eigenvalue weighted by atomic mass is 10.2. The Hall–Kier alpha value is -7.88. The van der Waals surface area contributed by atoms with Gasteiger partial charge >= 0.3 is 19.1 Å². The smallest absolute Gasteiger partial charge is 0.537 e. The standard InChI is InChI=1S/C23H18ClN7O3S.C17H14BrN7O3S.C6H5BClO2/c1-29-20-19(22(33)31(23(29)34)10-16-4-2-3-9-25-16)30(13-26-20)11-18(32)27-17-12-35-21(28-17)14-5-7-15(24)8-6-14;1-23-14-13(15(27)25(17(23)28)6-10-4-2-3-5-19-10)24(9-20-14)7-12(26)21-11-8-29-16(18)22-11;8-5-1-3-6(4-2-5)10-7-9/h2-9,12-13H,10-11H2,1H3,(H,27,32);2-5,8-9H,6-7H2,1H3,(H,21,26);1-4,9H. The van der Waals surface area contributed by atoms with Crippen molar-refractivity contribution in [3.05, 3.63) is 188 Å². The molecule has 28 heteroatoms. The highest BCUT2D eigenvalue weighted by Crippen LogP contribution is 2.27. The fourth-order valence-corrected chi connectivity index (χ4v) is 9.04. The predicted octanol–water partition coefficient (Wildman–Crippen LogP) is 5.20. The number of hydrogen-bond donors (Lipinski definition) is 3. The third-order valence-corrected chi connectivity index (χ3v) is 13.3. The number of thiazole rings is 2. The summed E-state index contributed by atoms with van der Waals surface area (Å²) in [6.07, 6.45) is 5.92. The van der Waals surface area contributed by atoms with E-state index in [1.807, 2.05) is 12.1 Å². The van der Waals surface area contributed by atoms with Crippen LogP contribution in [-0.4, -0.2) is 81.8 Å². The van der Waals surface area contributed by atoms with Crippen molar-refractivity contribution in [1.29, 1.82) is 0 Å². The molecule has 8 aromatic heterocycles. The van der Waals surface area contributed by atoms with Gasteiger partial charge in [0.05, 0.1) is 37.1 Å². The maximum atomic E-state index is 13.2. The average molecular weight is 1140 g/mol.